The van der Waals surface area contributed by atoms with Crippen LogP contribution in [0.1, 0.15) is 13.3 Å². The van der Waals surface area contributed by atoms with Crippen molar-refractivity contribution in [3.8, 4) is 0 Å². The molecule has 7 heavy (non-hydrogen) atoms. The molecule has 43 valence electrons. The van der Waals surface area contributed by atoms with Gasteiger partial charge in [-0.15, -0.1) is 0 Å². The summed E-state index contributed by atoms with van der Waals surface area (Å²) in [5.41, 5.74) is 7.20. The minimum absolute atomic E-state index is 0.162. The van der Waals surface area contributed by atoms with Crippen LogP contribution in [0.15, 0.2) is 0 Å². The predicted molar refractivity (Wildman–Crippen MR) is 35.6 cm³/mol. The molecule has 0 amide bonds. The highest BCUT2D eigenvalue weighted by Gasteiger charge is 1.94. The quantitative estimate of drug-likeness (QED) is 0.549. The first-order valence-corrected chi connectivity index (χ1v) is 3.90. The second-order valence-corrected chi connectivity index (χ2v) is 2.47. The summed E-state index contributed by atoms with van der Waals surface area (Å²) in [5, 5.41) is 0. The zero-order valence-electron chi connectivity index (χ0n) is 4.90. The summed E-state index contributed by atoms with van der Waals surface area (Å²) in [5.74, 6) is 0.983. The summed E-state index contributed by atoms with van der Waals surface area (Å²) in [7, 11) is 0. The Bertz CT molecular complexity index is 39.1. The number of thioether (sulfide) groups is 1. The van der Waals surface area contributed by atoms with Crippen LogP contribution < -0.4 is 5.73 Å². The van der Waals surface area contributed by atoms with E-state index in [-0.39, 0.29) is 6.04 Å². The Balaban J connectivity index is 2.83. The molecule has 0 fully saturated rings. The topological polar surface area (TPSA) is 23.8 Å². The molecule has 1 nitrogen and oxygen atoms in total. The minimum Gasteiger partial charge on any atom is -0.254 e. The minimum atomic E-state index is 0.162. The molecule has 1 N–H and O–H groups in total. The van der Waals surface area contributed by atoms with Gasteiger partial charge in [0.25, 0.3) is 0 Å². The second kappa shape index (κ2) is 4.47. The molecule has 0 aromatic carbocycles. The molecule has 0 aliphatic heterocycles. The molecule has 0 aromatic heterocycles. The number of nitrogens with one attached hydrogen (secondary N) is 1. The van der Waals surface area contributed by atoms with Gasteiger partial charge in [-0.25, -0.2) is 0 Å². The van der Waals surface area contributed by atoms with Gasteiger partial charge in [0.05, 0.1) is 0 Å². The lowest BCUT2D eigenvalue weighted by Crippen LogP contribution is -2.09. The average Bonchev–Trinajstić information content (AvgIpc) is 1.68. The zero-order valence-corrected chi connectivity index (χ0v) is 5.72. The fraction of sp³-hybridized carbons (Fsp3) is 1.00. The van der Waals surface area contributed by atoms with Gasteiger partial charge in [-0.05, 0) is 12.7 Å². The summed E-state index contributed by atoms with van der Waals surface area (Å²) < 4.78 is 0. The first-order valence-electron chi connectivity index (χ1n) is 2.51. The summed E-state index contributed by atoms with van der Waals surface area (Å²) in [6.07, 6.45) is 3.03. The molecule has 0 aromatic rings. The third-order valence-corrected chi connectivity index (χ3v) is 1.60. The predicted octanol–water partition coefficient (Wildman–Crippen LogP) is 1.41. The van der Waals surface area contributed by atoms with E-state index in [1.165, 1.54) is 0 Å². The SMILES string of the molecule is CCC([NH])CSC. The Morgan fingerprint density at radius 3 is 2.43 bits per heavy atom. The van der Waals surface area contributed by atoms with E-state index in [9.17, 15) is 0 Å². The van der Waals surface area contributed by atoms with Gasteiger partial charge in [0.15, 0.2) is 0 Å². The van der Waals surface area contributed by atoms with Gasteiger partial charge in [0.2, 0.25) is 0 Å². The molecule has 1 atom stereocenters. The van der Waals surface area contributed by atoms with Crippen LogP contribution in [0.5, 0.6) is 0 Å². The lowest BCUT2D eigenvalue weighted by Gasteiger charge is -2.01. The molecule has 0 saturated carbocycles. The van der Waals surface area contributed by atoms with Crippen molar-refractivity contribution in [1.29, 1.82) is 0 Å². The molecule has 1 unspecified atom stereocenters. The molecular formula is C5H12NS. The largest absolute Gasteiger partial charge is 0.254 e. The fourth-order valence-corrected chi connectivity index (χ4v) is 0.957. The van der Waals surface area contributed by atoms with E-state index in [2.05, 4.69) is 0 Å². The van der Waals surface area contributed by atoms with Crippen molar-refractivity contribution in [2.45, 2.75) is 19.4 Å². The molecule has 0 heterocycles. The highest BCUT2D eigenvalue weighted by atomic mass is 32.2. The second-order valence-electron chi connectivity index (χ2n) is 1.56. The lowest BCUT2D eigenvalue weighted by molar-refractivity contribution is 0.703. The van der Waals surface area contributed by atoms with Crippen molar-refractivity contribution in [2.24, 2.45) is 0 Å². The Morgan fingerprint density at radius 2 is 2.29 bits per heavy atom. The summed E-state index contributed by atoms with van der Waals surface area (Å²) in [6.45, 7) is 2.05. The maximum absolute atomic E-state index is 7.20. The Hall–Kier alpha value is 0.310. The van der Waals surface area contributed by atoms with Gasteiger partial charge in [-0.2, -0.15) is 11.8 Å². The third-order valence-electron chi connectivity index (χ3n) is 0.861. The summed E-state index contributed by atoms with van der Waals surface area (Å²) >= 11 is 1.75. The molecule has 2 heteroatoms. The Morgan fingerprint density at radius 1 is 1.71 bits per heavy atom. The summed E-state index contributed by atoms with van der Waals surface area (Å²) in [6, 6.07) is 0.162. The van der Waals surface area contributed by atoms with Crippen molar-refractivity contribution in [1.82, 2.24) is 5.73 Å². The molecular weight excluding hydrogens is 106 g/mol. The first-order chi connectivity index (χ1) is 3.31. The van der Waals surface area contributed by atoms with Gasteiger partial charge in [-0.1, -0.05) is 6.92 Å². The van der Waals surface area contributed by atoms with Gasteiger partial charge in [0.1, 0.15) is 0 Å². The van der Waals surface area contributed by atoms with Gasteiger partial charge >= 0.3 is 0 Å². The van der Waals surface area contributed by atoms with Crippen LogP contribution in [0.3, 0.4) is 0 Å². The standard InChI is InChI=1S/C5H12NS/c1-3-5(6)4-7-2/h5-6H,3-4H2,1-2H3. The Labute approximate surface area is 49.7 Å². The van der Waals surface area contributed by atoms with Crippen LogP contribution in [-0.2, 0) is 0 Å². The van der Waals surface area contributed by atoms with Crippen LogP contribution in [0.25, 0.3) is 0 Å². The highest BCUT2D eigenvalue weighted by molar-refractivity contribution is 7.98. The molecule has 0 saturated heterocycles. The molecule has 0 aliphatic carbocycles. The lowest BCUT2D eigenvalue weighted by atomic mass is 10.3. The monoisotopic (exact) mass is 118 g/mol. The highest BCUT2D eigenvalue weighted by Crippen LogP contribution is 1.97. The summed E-state index contributed by atoms with van der Waals surface area (Å²) in [4.78, 5) is 0. The molecule has 0 rings (SSSR count). The molecule has 0 bridgehead atoms. The maximum atomic E-state index is 7.20. The number of rotatable bonds is 3. The van der Waals surface area contributed by atoms with Gasteiger partial charge in [-0.3, -0.25) is 5.73 Å². The van der Waals surface area contributed by atoms with Crippen molar-refractivity contribution in [3.05, 3.63) is 0 Å². The maximum Gasteiger partial charge on any atom is 0.0300 e. The number of hydrogen-bond donors (Lipinski definition) is 0. The average molecular weight is 118 g/mol. The van der Waals surface area contributed by atoms with Crippen molar-refractivity contribution in [2.75, 3.05) is 12.0 Å². The van der Waals surface area contributed by atoms with Crippen LogP contribution in [-0.4, -0.2) is 18.1 Å². The first kappa shape index (κ1) is 7.31. The smallest absolute Gasteiger partial charge is 0.0300 e. The van der Waals surface area contributed by atoms with E-state index >= 15 is 0 Å². The van der Waals surface area contributed by atoms with Crippen LogP contribution >= 0.6 is 11.8 Å². The van der Waals surface area contributed by atoms with E-state index in [4.69, 9.17) is 5.73 Å². The van der Waals surface area contributed by atoms with Gasteiger partial charge < -0.3 is 0 Å². The number of hydrogen-bond acceptors (Lipinski definition) is 1. The van der Waals surface area contributed by atoms with E-state index in [1.54, 1.807) is 11.8 Å². The molecule has 0 aliphatic rings. The van der Waals surface area contributed by atoms with Crippen molar-refractivity contribution < 1.29 is 0 Å². The Kier molecular flexibility index (Phi) is 4.67. The van der Waals surface area contributed by atoms with Crippen LogP contribution in [0.4, 0.5) is 0 Å². The van der Waals surface area contributed by atoms with Crippen LogP contribution in [0, 0.1) is 0 Å². The molecule has 0 spiro atoms. The normalized spacial score (nSPS) is 14.1. The van der Waals surface area contributed by atoms with E-state index in [1.807, 2.05) is 13.2 Å². The van der Waals surface area contributed by atoms with Crippen molar-refractivity contribution >= 4 is 11.8 Å². The van der Waals surface area contributed by atoms with Gasteiger partial charge in [0, 0.05) is 11.8 Å². The fourth-order valence-electron chi connectivity index (χ4n) is 0.319. The van der Waals surface area contributed by atoms with Crippen molar-refractivity contribution in [3.63, 3.8) is 0 Å². The van der Waals surface area contributed by atoms with E-state index < -0.39 is 0 Å². The molecule has 1 radical (unpaired) electrons. The third kappa shape index (κ3) is 4.16. The van der Waals surface area contributed by atoms with E-state index in [0.29, 0.717) is 0 Å². The van der Waals surface area contributed by atoms with Crippen LogP contribution in [0.2, 0.25) is 0 Å². The van der Waals surface area contributed by atoms with E-state index in [0.717, 1.165) is 12.2 Å². The zero-order chi connectivity index (χ0) is 5.70.